The second-order valence-corrected chi connectivity index (χ2v) is 8.05. The first-order chi connectivity index (χ1) is 13.2. The van der Waals surface area contributed by atoms with Gasteiger partial charge in [0.1, 0.15) is 11.6 Å². The molecule has 5 rings (SSSR count). The second kappa shape index (κ2) is 6.63. The van der Waals surface area contributed by atoms with Gasteiger partial charge in [0, 0.05) is 36.0 Å². The van der Waals surface area contributed by atoms with E-state index < -0.39 is 0 Å². The maximum absolute atomic E-state index is 13.7. The molecule has 0 amide bonds. The van der Waals surface area contributed by atoms with Gasteiger partial charge in [-0.15, -0.1) is 0 Å². The van der Waals surface area contributed by atoms with Crippen molar-refractivity contribution in [3.63, 3.8) is 0 Å². The summed E-state index contributed by atoms with van der Waals surface area (Å²) >= 11 is 0. The van der Waals surface area contributed by atoms with Gasteiger partial charge in [0.15, 0.2) is 5.65 Å². The quantitative estimate of drug-likeness (QED) is 0.664. The SMILES string of the molecule is CC1CCN(c2c3c(nc4cc(-c5cccc(F)c5)nn24)CCCC3)CC1. The second-order valence-electron chi connectivity index (χ2n) is 8.05. The third-order valence-electron chi connectivity index (χ3n) is 6.05. The molecular formula is C22H25FN4. The van der Waals surface area contributed by atoms with Crippen molar-refractivity contribution >= 4 is 11.5 Å². The van der Waals surface area contributed by atoms with Gasteiger partial charge in [-0.05, 0) is 56.6 Å². The summed E-state index contributed by atoms with van der Waals surface area (Å²) in [6.45, 7) is 4.48. The number of aryl methyl sites for hydroxylation is 1. The minimum absolute atomic E-state index is 0.234. The molecule has 0 atom stereocenters. The maximum Gasteiger partial charge on any atom is 0.158 e. The van der Waals surface area contributed by atoms with E-state index in [2.05, 4.69) is 11.8 Å². The van der Waals surface area contributed by atoms with Crippen LogP contribution in [-0.2, 0) is 12.8 Å². The van der Waals surface area contributed by atoms with Crippen LogP contribution >= 0.6 is 0 Å². The summed E-state index contributed by atoms with van der Waals surface area (Å²) in [5, 5.41) is 4.87. The predicted molar refractivity (Wildman–Crippen MR) is 106 cm³/mol. The van der Waals surface area contributed by atoms with Crippen LogP contribution in [0.3, 0.4) is 0 Å². The molecule has 1 fully saturated rings. The molecule has 1 aliphatic carbocycles. The Labute approximate surface area is 159 Å². The number of halogens is 1. The highest BCUT2D eigenvalue weighted by Crippen LogP contribution is 2.34. The van der Waals surface area contributed by atoms with E-state index in [4.69, 9.17) is 10.1 Å². The molecule has 3 aromatic rings. The number of benzene rings is 1. The zero-order chi connectivity index (χ0) is 18.4. The molecule has 1 saturated heterocycles. The Morgan fingerprint density at radius 1 is 1.07 bits per heavy atom. The molecule has 2 aliphatic rings. The summed E-state index contributed by atoms with van der Waals surface area (Å²) < 4.78 is 15.7. The van der Waals surface area contributed by atoms with Crippen LogP contribution in [0.15, 0.2) is 30.3 Å². The van der Waals surface area contributed by atoms with E-state index in [0.717, 1.165) is 48.8 Å². The Kier molecular flexibility index (Phi) is 4.10. The first-order valence-corrected chi connectivity index (χ1v) is 10.1. The van der Waals surface area contributed by atoms with E-state index in [9.17, 15) is 4.39 Å². The Morgan fingerprint density at radius 2 is 1.89 bits per heavy atom. The minimum Gasteiger partial charge on any atom is -0.356 e. The lowest BCUT2D eigenvalue weighted by Crippen LogP contribution is -2.35. The third-order valence-corrected chi connectivity index (χ3v) is 6.05. The van der Waals surface area contributed by atoms with E-state index in [1.54, 1.807) is 12.1 Å². The van der Waals surface area contributed by atoms with Crippen molar-refractivity contribution in [2.24, 2.45) is 5.92 Å². The van der Waals surface area contributed by atoms with Crippen LogP contribution in [0.5, 0.6) is 0 Å². The molecule has 2 aromatic heterocycles. The molecule has 0 saturated carbocycles. The number of piperidine rings is 1. The van der Waals surface area contributed by atoms with Gasteiger partial charge in [-0.3, -0.25) is 0 Å². The minimum atomic E-state index is -0.234. The number of anilines is 1. The maximum atomic E-state index is 13.7. The summed E-state index contributed by atoms with van der Waals surface area (Å²) in [7, 11) is 0. The van der Waals surface area contributed by atoms with Crippen LogP contribution in [0.1, 0.15) is 43.9 Å². The van der Waals surface area contributed by atoms with Gasteiger partial charge in [-0.25, -0.2) is 9.37 Å². The summed E-state index contributed by atoms with van der Waals surface area (Å²) in [5.41, 5.74) is 5.07. The van der Waals surface area contributed by atoms with Gasteiger partial charge in [0.05, 0.1) is 5.69 Å². The average Bonchev–Trinajstić information content (AvgIpc) is 3.10. The largest absolute Gasteiger partial charge is 0.356 e. The monoisotopic (exact) mass is 364 g/mol. The van der Waals surface area contributed by atoms with Gasteiger partial charge in [-0.1, -0.05) is 19.1 Å². The lowest BCUT2D eigenvalue weighted by atomic mass is 9.94. The number of fused-ring (bicyclic) bond motifs is 2. The normalized spacial score (nSPS) is 18.1. The zero-order valence-corrected chi connectivity index (χ0v) is 15.8. The standard InChI is InChI=1S/C22H25FN4/c1-15-9-11-26(12-10-15)22-18-7-2-3-8-19(18)24-21-14-20(25-27(21)22)16-5-4-6-17(23)13-16/h4-6,13-15H,2-3,7-12H2,1H3. The molecule has 0 radical (unpaired) electrons. The van der Waals surface area contributed by atoms with Crippen molar-refractivity contribution in [1.29, 1.82) is 0 Å². The molecular weight excluding hydrogens is 339 g/mol. The summed E-state index contributed by atoms with van der Waals surface area (Å²) in [6, 6.07) is 8.66. The van der Waals surface area contributed by atoms with Gasteiger partial charge < -0.3 is 4.90 Å². The smallest absolute Gasteiger partial charge is 0.158 e. The van der Waals surface area contributed by atoms with Crippen LogP contribution in [0.2, 0.25) is 0 Å². The molecule has 4 nitrogen and oxygen atoms in total. The highest BCUT2D eigenvalue weighted by atomic mass is 19.1. The Balaban J connectivity index is 1.68. The number of rotatable bonds is 2. The summed E-state index contributed by atoms with van der Waals surface area (Å²) in [5.74, 6) is 1.78. The van der Waals surface area contributed by atoms with Gasteiger partial charge >= 0.3 is 0 Å². The van der Waals surface area contributed by atoms with Crippen LogP contribution in [0.25, 0.3) is 16.9 Å². The number of nitrogens with zero attached hydrogens (tertiary/aromatic N) is 4. The first kappa shape index (κ1) is 16.7. The van der Waals surface area contributed by atoms with Crippen LogP contribution in [-0.4, -0.2) is 27.7 Å². The first-order valence-electron chi connectivity index (χ1n) is 10.1. The van der Waals surface area contributed by atoms with Gasteiger partial charge in [0.2, 0.25) is 0 Å². The van der Waals surface area contributed by atoms with Crippen molar-refractivity contribution in [1.82, 2.24) is 14.6 Å². The summed E-state index contributed by atoms with van der Waals surface area (Å²) in [6.07, 6.45) is 6.98. The van der Waals surface area contributed by atoms with Crippen LogP contribution in [0.4, 0.5) is 10.2 Å². The van der Waals surface area contributed by atoms with Gasteiger partial charge in [-0.2, -0.15) is 9.61 Å². The predicted octanol–water partition coefficient (Wildman–Crippen LogP) is 4.65. The van der Waals surface area contributed by atoms with Crippen molar-refractivity contribution < 1.29 is 4.39 Å². The number of hydrogen-bond acceptors (Lipinski definition) is 3. The number of aromatic nitrogens is 3. The zero-order valence-electron chi connectivity index (χ0n) is 15.8. The van der Waals surface area contributed by atoms with Crippen molar-refractivity contribution in [2.45, 2.75) is 45.4 Å². The molecule has 0 bridgehead atoms. The Hall–Kier alpha value is -2.43. The molecule has 140 valence electrons. The van der Waals surface area contributed by atoms with Crippen LogP contribution in [0, 0.1) is 11.7 Å². The highest BCUT2D eigenvalue weighted by Gasteiger charge is 2.26. The van der Waals surface area contributed by atoms with E-state index in [0.29, 0.717) is 0 Å². The molecule has 27 heavy (non-hydrogen) atoms. The molecule has 0 N–H and O–H groups in total. The fourth-order valence-electron chi connectivity index (χ4n) is 4.46. The summed E-state index contributed by atoms with van der Waals surface area (Å²) in [4.78, 5) is 7.44. The van der Waals surface area contributed by atoms with Crippen molar-refractivity contribution in [2.75, 3.05) is 18.0 Å². The molecule has 5 heteroatoms. The van der Waals surface area contributed by atoms with Gasteiger partial charge in [0.25, 0.3) is 0 Å². The van der Waals surface area contributed by atoms with E-state index in [-0.39, 0.29) is 5.82 Å². The van der Waals surface area contributed by atoms with Crippen molar-refractivity contribution in [3.8, 4) is 11.3 Å². The average molecular weight is 364 g/mol. The lowest BCUT2D eigenvalue weighted by molar-refractivity contribution is 0.433. The van der Waals surface area contributed by atoms with Crippen LogP contribution < -0.4 is 4.90 Å². The van der Waals surface area contributed by atoms with E-state index in [1.165, 1.54) is 48.8 Å². The van der Waals surface area contributed by atoms with E-state index >= 15 is 0 Å². The third kappa shape index (κ3) is 2.99. The van der Waals surface area contributed by atoms with Crippen molar-refractivity contribution in [3.05, 3.63) is 47.4 Å². The topological polar surface area (TPSA) is 33.4 Å². The molecule has 1 aromatic carbocycles. The Morgan fingerprint density at radius 3 is 2.70 bits per heavy atom. The molecule has 0 unspecified atom stereocenters. The molecule has 1 aliphatic heterocycles. The van der Waals surface area contributed by atoms with E-state index in [1.807, 2.05) is 16.6 Å². The number of hydrogen-bond donors (Lipinski definition) is 0. The fourth-order valence-corrected chi connectivity index (χ4v) is 4.46. The highest BCUT2D eigenvalue weighted by molar-refractivity contribution is 5.67. The lowest BCUT2D eigenvalue weighted by Gasteiger charge is -2.34. The molecule has 3 heterocycles. The Bertz CT molecular complexity index is 985. The fraction of sp³-hybridized carbons (Fsp3) is 0.455. The molecule has 0 spiro atoms.